The first-order valence-electron chi connectivity index (χ1n) is 6.66. The molecule has 1 fully saturated rings. The summed E-state index contributed by atoms with van der Waals surface area (Å²) in [5.74, 6) is 0.675. The molecule has 110 valence electrons. The van der Waals surface area contributed by atoms with Crippen LogP contribution in [0.3, 0.4) is 0 Å². The first-order valence-corrected chi connectivity index (χ1v) is 6.66. The largest absolute Gasteiger partial charge is 0.481 e. The van der Waals surface area contributed by atoms with Gasteiger partial charge in [-0.25, -0.2) is 9.97 Å². The lowest BCUT2D eigenvalue weighted by Gasteiger charge is -2.23. The Labute approximate surface area is 118 Å². The number of nitrogens with zero attached hydrogens (tertiary/aromatic N) is 4. The molecule has 1 aliphatic rings. The van der Waals surface area contributed by atoms with Crippen molar-refractivity contribution in [3.05, 3.63) is 11.9 Å². The molecule has 1 aliphatic heterocycles. The minimum absolute atomic E-state index is 0.0971. The second-order valence-electron chi connectivity index (χ2n) is 4.84. The molecular formula is C13H20N4O3. The average Bonchev–Trinajstić information content (AvgIpc) is 2.64. The van der Waals surface area contributed by atoms with Crippen LogP contribution in [-0.4, -0.2) is 65.8 Å². The van der Waals surface area contributed by atoms with Gasteiger partial charge < -0.3 is 14.7 Å². The van der Waals surface area contributed by atoms with Gasteiger partial charge in [-0.15, -0.1) is 0 Å². The summed E-state index contributed by atoms with van der Waals surface area (Å²) in [5, 5.41) is 8.86. The number of ether oxygens (including phenoxy) is 1. The average molecular weight is 280 g/mol. The molecule has 2 heterocycles. The lowest BCUT2D eigenvalue weighted by molar-refractivity contribution is -0.138. The van der Waals surface area contributed by atoms with E-state index in [0.717, 1.165) is 44.0 Å². The Morgan fingerprint density at radius 3 is 2.85 bits per heavy atom. The fourth-order valence-corrected chi connectivity index (χ4v) is 2.48. The Balaban J connectivity index is 2.09. The third-order valence-electron chi connectivity index (χ3n) is 3.45. The highest BCUT2D eigenvalue weighted by atomic mass is 16.5. The number of hydrogen-bond donors (Lipinski definition) is 1. The zero-order valence-electron chi connectivity index (χ0n) is 11.9. The molecule has 7 nitrogen and oxygen atoms in total. The number of hydrogen-bond acceptors (Lipinski definition) is 6. The Hall–Kier alpha value is -1.89. The molecule has 0 aromatic carbocycles. The summed E-state index contributed by atoms with van der Waals surface area (Å²) in [7, 11) is 1.59. The molecule has 1 aromatic heterocycles. The quantitative estimate of drug-likeness (QED) is 0.854. The Kier molecular flexibility index (Phi) is 4.73. The van der Waals surface area contributed by atoms with Crippen LogP contribution in [0.4, 0.5) is 5.82 Å². The van der Waals surface area contributed by atoms with Gasteiger partial charge in [0.05, 0.1) is 19.2 Å². The van der Waals surface area contributed by atoms with Crippen molar-refractivity contribution in [2.24, 2.45) is 0 Å². The Bertz CT molecular complexity index is 481. The van der Waals surface area contributed by atoms with Crippen molar-refractivity contribution in [3.8, 4) is 5.88 Å². The van der Waals surface area contributed by atoms with Gasteiger partial charge in [-0.05, 0) is 13.3 Å². The third kappa shape index (κ3) is 3.36. The van der Waals surface area contributed by atoms with Crippen LogP contribution in [-0.2, 0) is 4.79 Å². The number of anilines is 1. The van der Waals surface area contributed by atoms with Gasteiger partial charge in [0.15, 0.2) is 0 Å². The molecule has 0 unspecified atom stereocenters. The van der Waals surface area contributed by atoms with E-state index >= 15 is 0 Å². The zero-order valence-corrected chi connectivity index (χ0v) is 11.9. The molecule has 0 spiro atoms. The summed E-state index contributed by atoms with van der Waals surface area (Å²) in [5.41, 5.74) is 0.918. The lowest BCUT2D eigenvalue weighted by Crippen LogP contribution is -2.34. The van der Waals surface area contributed by atoms with Crippen LogP contribution in [0.5, 0.6) is 5.88 Å². The first-order chi connectivity index (χ1) is 9.61. The lowest BCUT2D eigenvalue weighted by atomic mass is 10.3. The van der Waals surface area contributed by atoms with E-state index in [0.29, 0.717) is 5.88 Å². The monoisotopic (exact) mass is 280 g/mol. The minimum Gasteiger partial charge on any atom is -0.481 e. The fourth-order valence-electron chi connectivity index (χ4n) is 2.48. The van der Waals surface area contributed by atoms with Crippen LogP contribution in [0.25, 0.3) is 0 Å². The van der Waals surface area contributed by atoms with Crippen molar-refractivity contribution in [3.63, 3.8) is 0 Å². The smallest absolute Gasteiger partial charge is 0.317 e. The highest BCUT2D eigenvalue weighted by molar-refractivity contribution is 5.69. The molecule has 7 heteroatoms. The van der Waals surface area contributed by atoms with Crippen LogP contribution in [0.15, 0.2) is 6.33 Å². The maximum Gasteiger partial charge on any atom is 0.317 e. The SMILES string of the molecule is COc1ncnc(N2CCCN(CC(=O)O)CC2)c1C. The van der Waals surface area contributed by atoms with Crippen molar-refractivity contribution in [2.45, 2.75) is 13.3 Å². The third-order valence-corrected chi connectivity index (χ3v) is 3.45. The molecule has 0 aliphatic carbocycles. The van der Waals surface area contributed by atoms with Gasteiger partial charge in [-0.2, -0.15) is 0 Å². The predicted molar refractivity (Wildman–Crippen MR) is 74.2 cm³/mol. The molecule has 0 amide bonds. The Morgan fingerprint density at radius 2 is 2.15 bits per heavy atom. The van der Waals surface area contributed by atoms with Gasteiger partial charge in [0.2, 0.25) is 5.88 Å². The molecule has 1 saturated heterocycles. The van der Waals surface area contributed by atoms with Crippen molar-refractivity contribution >= 4 is 11.8 Å². The van der Waals surface area contributed by atoms with Gasteiger partial charge in [-0.1, -0.05) is 0 Å². The van der Waals surface area contributed by atoms with Crippen molar-refractivity contribution in [1.82, 2.24) is 14.9 Å². The van der Waals surface area contributed by atoms with Gasteiger partial charge in [0, 0.05) is 26.2 Å². The summed E-state index contributed by atoms with van der Waals surface area (Å²) >= 11 is 0. The van der Waals surface area contributed by atoms with Crippen molar-refractivity contribution < 1.29 is 14.6 Å². The number of aliphatic carboxylic acids is 1. The van der Waals surface area contributed by atoms with Crippen LogP contribution in [0.2, 0.25) is 0 Å². The van der Waals surface area contributed by atoms with E-state index in [1.165, 1.54) is 6.33 Å². The summed E-state index contributed by atoms with van der Waals surface area (Å²) < 4.78 is 5.22. The predicted octanol–water partition coefficient (Wildman–Crippen LogP) is 0.390. The van der Waals surface area contributed by atoms with Crippen LogP contribution in [0, 0.1) is 6.92 Å². The molecular weight excluding hydrogens is 260 g/mol. The molecule has 20 heavy (non-hydrogen) atoms. The standard InChI is InChI=1S/C13H20N4O3/c1-10-12(14-9-15-13(10)20-2)17-5-3-4-16(6-7-17)8-11(18)19/h9H,3-8H2,1-2H3,(H,18,19). The van der Waals surface area contributed by atoms with Gasteiger partial charge in [0.1, 0.15) is 12.1 Å². The van der Waals surface area contributed by atoms with Gasteiger partial charge in [-0.3, -0.25) is 9.69 Å². The van der Waals surface area contributed by atoms with Gasteiger partial charge >= 0.3 is 5.97 Å². The molecule has 1 N–H and O–H groups in total. The molecule has 2 rings (SSSR count). The topological polar surface area (TPSA) is 78.8 Å². The second kappa shape index (κ2) is 6.51. The van der Waals surface area contributed by atoms with Crippen molar-refractivity contribution in [1.29, 1.82) is 0 Å². The van der Waals surface area contributed by atoms with Gasteiger partial charge in [0.25, 0.3) is 0 Å². The molecule has 0 bridgehead atoms. The van der Waals surface area contributed by atoms with E-state index in [1.54, 1.807) is 7.11 Å². The minimum atomic E-state index is -0.779. The molecule has 0 saturated carbocycles. The van der Waals surface area contributed by atoms with E-state index in [2.05, 4.69) is 14.9 Å². The van der Waals surface area contributed by atoms with Crippen LogP contribution < -0.4 is 9.64 Å². The van der Waals surface area contributed by atoms with E-state index in [1.807, 2.05) is 11.8 Å². The van der Waals surface area contributed by atoms with E-state index < -0.39 is 5.97 Å². The number of carboxylic acids is 1. The summed E-state index contributed by atoms with van der Waals surface area (Å²) in [4.78, 5) is 23.3. The first kappa shape index (κ1) is 14.5. The normalized spacial score (nSPS) is 16.8. The zero-order chi connectivity index (χ0) is 14.5. The number of carbonyl (C=O) groups is 1. The summed E-state index contributed by atoms with van der Waals surface area (Å²) in [6.45, 7) is 5.17. The van der Waals surface area contributed by atoms with Crippen LogP contribution >= 0.6 is 0 Å². The van der Waals surface area contributed by atoms with Crippen molar-refractivity contribution in [2.75, 3.05) is 44.7 Å². The fraction of sp³-hybridized carbons (Fsp3) is 0.615. The van der Waals surface area contributed by atoms with E-state index in [-0.39, 0.29) is 6.54 Å². The number of rotatable bonds is 4. The number of aromatic nitrogens is 2. The van der Waals surface area contributed by atoms with E-state index in [9.17, 15) is 4.79 Å². The highest BCUT2D eigenvalue weighted by Crippen LogP contribution is 2.24. The highest BCUT2D eigenvalue weighted by Gasteiger charge is 2.20. The Morgan fingerprint density at radius 1 is 1.35 bits per heavy atom. The maximum atomic E-state index is 10.8. The summed E-state index contributed by atoms with van der Waals surface area (Å²) in [6.07, 6.45) is 2.42. The number of carboxylic acid groups (broad SMARTS) is 1. The number of methoxy groups -OCH3 is 1. The molecule has 1 aromatic rings. The molecule has 0 atom stereocenters. The summed E-state index contributed by atoms with van der Waals surface area (Å²) in [6, 6.07) is 0. The molecule has 0 radical (unpaired) electrons. The van der Waals surface area contributed by atoms with E-state index in [4.69, 9.17) is 9.84 Å². The second-order valence-corrected chi connectivity index (χ2v) is 4.84. The van der Waals surface area contributed by atoms with Crippen LogP contribution in [0.1, 0.15) is 12.0 Å². The maximum absolute atomic E-state index is 10.8.